The van der Waals surface area contributed by atoms with Gasteiger partial charge in [-0.1, -0.05) is 48.5 Å². The second-order valence-corrected chi connectivity index (χ2v) is 7.39. The molecule has 0 saturated carbocycles. The van der Waals surface area contributed by atoms with Gasteiger partial charge in [0.25, 0.3) is 0 Å². The number of aryl methyl sites for hydroxylation is 1. The number of nitrogens with one attached hydrogen (secondary N) is 2. The lowest BCUT2D eigenvalue weighted by atomic mass is 10.1. The summed E-state index contributed by atoms with van der Waals surface area (Å²) >= 11 is 1.58. The number of hydrogen-bond acceptors (Lipinski definition) is 3. The van der Waals surface area contributed by atoms with E-state index in [9.17, 15) is 9.18 Å². The normalized spacial score (nSPS) is 10.6. The van der Waals surface area contributed by atoms with Gasteiger partial charge in [-0.05, 0) is 36.8 Å². The van der Waals surface area contributed by atoms with Gasteiger partial charge in [0.05, 0.1) is 5.69 Å². The molecule has 3 aromatic carbocycles. The molecule has 2 N–H and O–H groups in total. The molecule has 1 aromatic heterocycles. The van der Waals surface area contributed by atoms with Gasteiger partial charge in [-0.3, -0.25) is 0 Å². The van der Waals surface area contributed by atoms with Crippen molar-refractivity contribution in [1.82, 2.24) is 4.98 Å². The number of nitrogens with zero attached hydrogens (tertiary/aromatic N) is 1. The Balaban J connectivity index is 1.48. The molecule has 0 aliphatic rings. The van der Waals surface area contributed by atoms with Crippen molar-refractivity contribution in [3.05, 3.63) is 89.6 Å². The minimum atomic E-state index is -0.436. The van der Waals surface area contributed by atoms with Crippen molar-refractivity contribution < 1.29 is 9.18 Å². The van der Waals surface area contributed by atoms with Crippen LogP contribution in [-0.4, -0.2) is 11.0 Å². The van der Waals surface area contributed by atoms with Crippen molar-refractivity contribution in [2.45, 2.75) is 6.92 Å². The molecule has 0 saturated heterocycles. The number of urea groups is 1. The second-order valence-electron chi connectivity index (χ2n) is 6.53. The molecule has 0 spiro atoms. The number of halogens is 1. The van der Waals surface area contributed by atoms with Gasteiger partial charge in [0.1, 0.15) is 10.8 Å². The predicted octanol–water partition coefficient (Wildman–Crippen LogP) is 6.57. The molecule has 0 aliphatic carbocycles. The van der Waals surface area contributed by atoms with Gasteiger partial charge in [-0.15, -0.1) is 11.3 Å². The molecule has 0 aliphatic heterocycles. The molecule has 29 heavy (non-hydrogen) atoms. The Morgan fingerprint density at radius 2 is 1.62 bits per heavy atom. The Morgan fingerprint density at radius 3 is 2.38 bits per heavy atom. The second kappa shape index (κ2) is 8.24. The molecule has 0 bridgehead atoms. The fraction of sp³-hybridized carbons (Fsp3) is 0.0435. The summed E-state index contributed by atoms with van der Waals surface area (Å²) in [6.45, 7) is 1.67. The van der Waals surface area contributed by atoms with E-state index in [0.717, 1.165) is 21.8 Å². The Kier molecular flexibility index (Phi) is 5.35. The van der Waals surface area contributed by atoms with Crippen LogP contribution >= 0.6 is 11.3 Å². The van der Waals surface area contributed by atoms with E-state index >= 15 is 0 Å². The minimum Gasteiger partial charge on any atom is -0.308 e. The average molecular weight is 403 g/mol. The van der Waals surface area contributed by atoms with Crippen LogP contribution in [0.25, 0.3) is 21.8 Å². The highest BCUT2D eigenvalue weighted by molar-refractivity contribution is 7.13. The van der Waals surface area contributed by atoms with Gasteiger partial charge in [0.15, 0.2) is 0 Å². The van der Waals surface area contributed by atoms with E-state index in [2.05, 4.69) is 10.6 Å². The molecule has 0 fully saturated rings. The first-order valence-electron chi connectivity index (χ1n) is 9.04. The summed E-state index contributed by atoms with van der Waals surface area (Å²) in [6.07, 6.45) is 0. The zero-order chi connectivity index (χ0) is 20.2. The summed E-state index contributed by atoms with van der Waals surface area (Å²) in [5, 5.41) is 8.36. The lowest BCUT2D eigenvalue weighted by Crippen LogP contribution is -2.19. The summed E-state index contributed by atoms with van der Waals surface area (Å²) in [5.41, 5.74) is 4.38. The van der Waals surface area contributed by atoms with Crippen LogP contribution in [0, 0.1) is 12.7 Å². The number of benzene rings is 3. The van der Waals surface area contributed by atoms with Crippen molar-refractivity contribution in [3.8, 4) is 21.8 Å². The molecule has 1 heterocycles. The van der Waals surface area contributed by atoms with E-state index in [1.807, 2.05) is 53.9 Å². The highest BCUT2D eigenvalue weighted by atomic mass is 32.1. The summed E-state index contributed by atoms with van der Waals surface area (Å²) in [5.74, 6) is -0.359. The highest BCUT2D eigenvalue weighted by Crippen LogP contribution is 2.29. The number of thiazole rings is 1. The maximum atomic E-state index is 13.6. The van der Waals surface area contributed by atoms with Crippen LogP contribution in [0.15, 0.2) is 78.2 Å². The third kappa shape index (κ3) is 4.50. The molecular formula is C23H18FN3OS. The Bertz CT molecular complexity index is 1160. The first-order valence-corrected chi connectivity index (χ1v) is 9.92. The molecule has 4 nitrogen and oxygen atoms in total. The van der Waals surface area contributed by atoms with Crippen molar-refractivity contribution in [2.75, 3.05) is 10.6 Å². The first-order chi connectivity index (χ1) is 14.1. The largest absolute Gasteiger partial charge is 0.323 e. The Hall–Kier alpha value is -3.51. The molecular weight excluding hydrogens is 385 g/mol. The van der Waals surface area contributed by atoms with Gasteiger partial charge in [0.2, 0.25) is 0 Å². The SMILES string of the molecule is Cc1ccc(NC(=O)Nc2cccc(-c3csc(-c4ccccc4)n3)c2)cc1F. The monoisotopic (exact) mass is 403 g/mol. The predicted molar refractivity (Wildman–Crippen MR) is 117 cm³/mol. The van der Waals surface area contributed by atoms with Crippen LogP contribution in [0.1, 0.15) is 5.56 Å². The zero-order valence-electron chi connectivity index (χ0n) is 15.6. The average Bonchev–Trinajstić information content (AvgIpc) is 3.22. The van der Waals surface area contributed by atoms with Crippen molar-refractivity contribution in [3.63, 3.8) is 0 Å². The lowest BCUT2D eigenvalue weighted by molar-refractivity contribution is 0.262. The maximum Gasteiger partial charge on any atom is 0.323 e. The van der Waals surface area contributed by atoms with E-state index in [0.29, 0.717) is 16.9 Å². The van der Waals surface area contributed by atoms with Crippen LogP contribution in [0.2, 0.25) is 0 Å². The molecule has 4 rings (SSSR count). The molecule has 6 heteroatoms. The van der Waals surface area contributed by atoms with Crippen molar-refractivity contribution in [1.29, 1.82) is 0 Å². The fourth-order valence-electron chi connectivity index (χ4n) is 2.84. The molecule has 4 aromatic rings. The fourth-order valence-corrected chi connectivity index (χ4v) is 3.68. The molecule has 0 unspecified atom stereocenters. The topological polar surface area (TPSA) is 54.0 Å². The van der Waals surface area contributed by atoms with E-state index in [1.165, 1.54) is 6.07 Å². The molecule has 144 valence electrons. The van der Waals surface area contributed by atoms with E-state index in [1.54, 1.807) is 36.5 Å². The third-order valence-electron chi connectivity index (χ3n) is 4.37. The van der Waals surface area contributed by atoms with Crippen LogP contribution in [-0.2, 0) is 0 Å². The number of anilines is 2. The number of hydrogen-bond donors (Lipinski definition) is 2. The van der Waals surface area contributed by atoms with Crippen molar-refractivity contribution in [2.24, 2.45) is 0 Å². The summed E-state index contributed by atoms with van der Waals surface area (Å²) < 4.78 is 13.6. The van der Waals surface area contributed by atoms with Gasteiger partial charge in [-0.2, -0.15) is 0 Å². The zero-order valence-corrected chi connectivity index (χ0v) is 16.5. The number of carbonyl (C=O) groups is 1. The first kappa shape index (κ1) is 18.8. The summed E-state index contributed by atoms with van der Waals surface area (Å²) in [7, 11) is 0. The van der Waals surface area contributed by atoms with Crippen LogP contribution in [0.5, 0.6) is 0 Å². The lowest BCUT2D eigenvalue weighted by Gasteiger charge is -2.09. The number of rotatable bonds is 4. The van der Waals surface area contributed by atoms with E-state index < -0.39 is 6.03 Å². The number of carbonyl (C=O) groups excluding carboxylic acids is 1. The van der Waals surface area contributed by atoms with Gasteiger partial charge < -0.3 is 10.6 Å². The highest BCUT2D eigenvalue weighted by Gasteiger charge is 2.09. The molecule has 2 amide bonds. The molecule has 0 radical (unpaired) electrons. The Morgan fingerprint density at radius 1 is 0.897 bits per heavy atom. The molecule has 0 atom stereocenters. The quantitative estimate of drug-likeness (QED) is 0.405. The van der Waals surface area contributed by atoms with Crippen LogP contribution in [0.3, 0.4) is 0 Å². The van der Waals surface area contributed by atoms with E-state index in [-0.39, 0.29) is 5.82 Å². The van der Waals surface area contributed by atoms with Crippen molar-refractivity contribution >= 4 is 28.7 Å². The minimum absolute atomic E-state index is 0.359. The van der Waals surface area contributed by atoms with Crippen LogP contribution < -0.4 is 10.6 Å². The van der Waals surface area contributed by atoms with Gasteiger partial charge >= 0.3 is 6.03 Å². The number of amides is 2. The summed E-state index contributed by atoms with van der Waals surface area (Å²) in [4.78, 5) is 17.0. The maximum absolute atomic E-state index is 13.6. The van der Waals surface area contributed by atoms with Crippen LogP contribution in [0.4, 0.5) is 20.6 Å². The number of aromatic nitrogens is 1. The van der Waals surface area contributed by atoms with Gasteiger partial charge in [0, 0.05) is 27.9 Å². The smallest absolute Gasteiger partial charge is 0.308 e. The summed E-state index contributed by atoms with van der Waals surface area (Å²) in [6, 6.07) is 21.6. The standard InChI is InChI=1S/C23H18FN3OS/c1-15-10-11-19(13-20(15)24)26-23(28)25-18-9-5-8-17(12-18)21-14-29-22(27-21)16-6-3-2-4-7-16/h2-14H,1H3,(H2,25,26,28). The van der Waals surface area contributed by atoms with E-state index in [4.69, 9.17) is 4.98 Å². The Labute approximate surface area is 172 Å². The van der Waals surface area contributed by atoms with Gasteiger partial charge in [-0.25, -0.2) is 14.2 Å². The third-order valence-corrected chi connectivity index (χ3v) is 5.26.